The highest BCUT2D eigenvalue weighted by Gasteiger charge is 2.14. The molecule has 0 saturated heterocycles. The summed E-state index contributed by atoms with van der Waals surface area (Å²) in [7, 11) is 1.56. The van der Waals surface area contributed by atoms with Crippen molar-refractivity contribution in [3.8, 4) is 5.75 Å². The fourth-order valence-corrected chi connectivity index (χ4v) is 2.30. The first-order valence-electron chi connectivity index (χ1n) is 7.85. The lowest BCUT2D eigenvalue weighted by molar-refractivity contribution is 0.0277. The summed E-state index contributed by atoms with van der Waals surface area (Å²) in [4.78, 5) is 12.3. The van der Waals surface area contributed by atoms with Gasteiger partial charge in [0.15, 0.2) is 0 Å². The maximum atomic E-state index is 12.3. The van der Waals surface area contributed by atoms with E-state index in [1.807, 2.05) is 31.2 Å². The van der Waals surface area contributed by atoms with Gasteiger partial charge in [0.05, 0.1) is 26.4 Å². The lowest BCUT2D eigenvalue weighted by Crippen LogP contribution is -2.30. The number of aryl methyl sites for hydroxylation is 1. The van der Waals surface area contributed by atoms with Crippen molar-refractivity contribution in [2.45, 2.75) is 13.0 Å². The molecule has 128 valence electrons. The van der Waals surface area contributed by atoms with Crippen molar-refractivity contribution in [3.05, 3.63) is 65.2 Å². The van der Waals surface area contributed by atoms with E-state index in [2.05, 4.69) is 5.32 Å². The predicted molar refractivity (Wildman–Crippen MR) is 92.3 cm³/mol. The molecule has 0 aliphatic rings. The molecule has 0 radical (unpaired) electrons. The van der Waals surface area contributed by atoms with Gasteiger partial charge in [-0.2, -0.15) is 0 Å². The molecule has 0 bridgehead atoms. The summed E-state index contributed by atoms with van der Waals surface area (Å²) in [6.07, 6.45) is -0.313. The lowest BCUT2D eigenvalue weighted by atomic mass is 10.1. The Morgan fingerprint density at radius 1 is 1.21 bits per heavy atom. The first kappa shape index (κ1) is 18.0. The third-order valence-corrected chi connectivity index (χ3v) is 3.64. The number of amides is 1. The monoisotopic (exact) mass is 329 g/mol. The number of hydrogen-bond acceptors (Lipinski definition) is 4. The summed E-state index contributed by atoms with van der Waals surface area (Å²) >= 11 is 0. The molecular weight excluding hydrogens is 306 g/mol. The van der Waals surface area contributed by atoms with Crippen LogP contribution in [0.2, 0.25) is 0 Å². The van der Waals surface area contributed by atoms with E-state index in [0.717, 1.165) is 11.1 Å². The van der Waals surface area contributed by atoms with E-state index in [1.54, 1.807) is 31.4 Å². The average molecular weight is 329 g/mol. The number of rotatable bonds is 8. The van der Waals surface area contributed by atoms with Gasteiger partial charge in [-0.1, -0.05) is 35.9 Å². The van der Waals surface area contributed by atoms with Crippen molar-refractivity contribution in [2.24, 2.45) is 0 Å². The summed E-state index contributed by atoms with van der Waals surface area (Å²) in [5.41, 5.74) is 2.64. The van der Waals surface area contributed by atoms with Crippen LogP contribution in [-0.4, -0.2) is 37.9 Å². The van der Waals surface area contributed by atoms with E-state index in [9.17, 15) is 4.79 Å². The van der Waals surface area contributed by atoms with Crippen LogP contribution in [0.3, 0.4) is 0 Å². The van der Waals surface area contributed by atoms with Crippen LogP contribution in [-0.2, 0) is 4.74 Å². The Morgan fingerprint density at radius 2 is 1.96 bits per heavy atom. The van der Waals surface area contributed by atoms with Gasteiger partial charge < -0.3 is 19.9 Å². The SMILES string of the molecule is COc1cccc(C(=O)NCC(OCCO)c2ccc(C)cc2)c1. The standard InChI is InChI=1S/C19H23NO4/c1-14-6-8-15(9-7-14)18(24-11-10-21)13-20-19(22)16-4-3-5-17(12-16)23-2/h3-9,12,18,21H,10-11,13H2,1-2H3,(H,20,22). The maximum Gasteiger partial charge on any atom is 0.251 e. The van der Waals surface area contributed by atoms with Gasteiger partial charge in [0, 0.05) is 12.1 Å². The second-order valence-electron chi connectivity index (χ2n) is 5.44. The number of aliphatic hydroxyl groups excluding tert-OH is 1. The third-order valence-electron chi connectivity index (χ3n) is 3.64. The molecule has 5 nitrogen and oxygen atoms in total. The topological polar surface area (TPSA) is 67.8 Å². The first-order valence-corrected chi connectivity index (χ1v) is 7.85. The molecule has 1 atom stereocenters. The minimum atomic E-state index is -0.313. The van der Waals surface area contributed by atoms with Gasteiger partial charge in [-0.3, -0.25) is 4.79 Å². The zero-order valence-corrected chi connectivity index (χ0v) is 14.0. The van der Waals surface area contributed by atoms with Crippen LogP contribution in [0.4, 0.5) is 0 Å². The Hall–Kier alpha value is -2.37. The van der Waals surface area contributed by atoms with Gasteiger partial charge in [-0.25, -0.2) is 0 Å². The van der Waals surface area contributed by atoms with Gasteiger partial charge in [0.25, 0.3) is 5.91 Å². The molecule has 2 aromatic carbocycles. The summed E-state index contributed by atoms with van der Waals surface area (Å²) < 4.78 is 10.8. The molecule has 0 fully saturated rings. The molecule has 2 aromatic rings. The average Bonchev–Trinajstić information content (AvgIpc) is 2.62. The number of ether oxygens (including phenoxy) is 2. The minimum Gasteiger partial charge on any atom is -0.497 e. The number of benzene rings is 2. The van der Waals surface area contributed by atoms with Gasteiger partial charge in [0.1, 0.15) is 5.75 Å². The van der Waals surface area contributed by atoms with E-state index in [-0.39, 0.29) is 25.2 Å². The number of hydrogen-bond donors (Lipinski definition) is 2. The van der Waals surface area contributed by atoms with E-state index in [1.165, 1.54) is 0 Å². The minimum absolute atomic E-state index is 0.0633. The van der Waals surface area contributed by atoms with Crippen molar-refractivity contribution in [3.63, 3.8) is 0 Å². The molecule has 1 unspecified atom stereocenters. The Kier molecular flexibility index (Phi) is 6.78. The van der Waals surface area contributed by atoms with Crippen LogP contribution in [0.1, 0.15) is 27.6 Å². The van der Waals surface area contributed by atoms with Crippen LogP contribution < -0.4 is 10.1 Å². The molecule has 0 spiro atoms. The van der Waals surface area contributed by atoms with Crippen molar-refractivity contribution >= 4 is 5.91 Å². The molecule has 0 aliphatic heterocycles. The highest BCUT2D eigenvalue weighted by atomic mass is 16.5. The highest BCUT2D eigenvalue weighted by molar-refractivity contribution is 5.94. The molecule has 0 aliphatic carbocycles. The lowest BCUT2D eigenvalue weighted by Gasteiger charge is -2.19. The number of methoxy groups -OCH3 is 1. The number of carbonyl (C=O) groups excluding carboxylic acids is 1. The normalized spacial score (nSPS) is 11.8. The molecule has 0 aromatic heterocycles. The zero-order valence-electron chi connectivity index (χ0n) is 14.0. The zero-order chi connectivity index (χ0) is 17.4. The number of carbonyl (C=O) groups is 1. The van der Waals surface area contributed by atoms with Crippen LogP contribution in [0, 0.1) is 6.92 Å². The Bertz CT molecular complexity index is 655. The smallest absolute Gasteiger partial charge is 0.251 e. The molecule has 24 heavy (non-hydrogen) atoms. The maximum absolute atomic E-state index is 12.3. The summed E-state index contributed by atoms with van der Waals surface area (Å²) in [5.74, 6) is 0.438. The molecule has 1 amide bonds. The van der Waals surface area contributed by atoms with E-state index in [4.69, 9.17) is 14.6 Å². The summed E-state index contributed by atoms with van der Waals surface area (Å²) in [6, 6.07) is 14.9. The second kappa shape index (κ2) is 9.05. The van der Waals surface area contributed by atoms with Crippen LogP contribution in [0.5, 0.6) is 5.75 Å². The van der Waals surface area contributed by atoms with Crippen LogP contribution in [0.15, 0.2) is 48.5 Å². The fourth-order valence-electron chi connectivity index (χ4n) is 2.30. The number of aliphatic hydroxyl groups is 1. The van der Waals surface area contributed by atoms with Crippen LogP contribution in [0.25, 0.3) is 0 Å². The Labute approximate surface area is 142 Å². The van der Waals surface area contributed by atoms with Crippen molar-refractivity contribution in [2.75, 3.05) is 26.9 Å². The number of nitrogens with one attached hydrogen (secondary N) is 1. The molecule has 0 saturated carbocycles. The predicted octanol–water partition coefficient (Wildman–Crippen LogP) is 2.48. The van der Waals surface area contributed by atoms with Crippen molar-refractivity contribution in [1.29, 1.82) is 0 Å². The Balaban J connectivity index is 2.03. The highest BCUT2D eigenvalue weighted by Crippen LogP contribution is 2.18. The van der Waals surface area contributed by atoms with Gasteiger partial charge in [-0.05, 0) is 30.7 Å². The third kappa shape index (κ3) is 5.08. The van der Waals surface area contributed by atoms with E-state index >= 15 is 0 Å². The van der Waals surface area contributed by atoms with Crippen molar-refractivity contribution in [1.82, 2.24) is 5.32 Å². The Morgan fingerprint density at radius 3 is 2.62 bits per heavy atom. The first-order chi connectivity index (χ1) is 11.6. The summed E-state index contributed by atoms with van der Waals surface area (Å²) in [6.45, 7) is 2.48. The van der Waals surface area contributed by atoms with Gasteiger partial charge >= 0.3 is 0 Å². The summed E-state index contributed by atoms with van der Waals surface area (Å²) in [5, 5.41) is 11.9. The van der Waals surface area contributed by atoms with Gasteiger partial charge in [0.2, 0.25) is 0 Å². The second-order valence-corrected chi connectivity index (χ2v) is 5.44. The largest absolute Gasteiger partial charge is 0.497 e. The van der Waals surface area contributed by atoms with Crippen molar-refractivity contribution < 1.29 is 19.4 Å². The molecule has 2 rings (SSSR count). The fraction of sp³-hybridized carbons (Fsp3) is 0.316. The quantitative estimate of drug-likeness (QED) is 0.781. The van der Waals surface area contributed by atoms with Crippen LogP contribution >= 0.6 is 0 Å². The molecule has 0 heterocycles. The molecular formula is C19H23NO4. The van der Waals surface area contributed by atoms with E-state index < -0.39 is 0 Å². The van der Waals surface area contributed by atoms with E-state index in [0.29, 0.717) is 17.9 Å². The molecule has 2 N–H and O–H groups in total. The van der Waals surface area contributed by atoms with Gasteiger partial charge in [-0.15, -0.1) is 0 Å². The molecule has 5 heteroatoms.